The van der Waals surface area contributed by atoms with E-state index in [1.807, 2.05) is 4.90 Å². The highest BCUT2D eigenvalue weighted by Crippen LogP contribution is 2.57. The lowest BCUT2D eigenvalue weighted by Gasteiger charge is -2.44. The van der Waals surface area contributed by atoms with E-state index in [0.717, 1.165) is 24.6 Å². The summed E-state index contributed by atoms with van der Waals surface area (Å²) in [7, 11) is -1.04. The number of benzene rings is 2. The van der Waals surface area contributed by atoms with E-state index < -0.39 is 56.7 Å². The summed E-state index contributed by atoms with van der Waals surface area (Å²) in [6.07, 6.45) is 2.58. The normalized spacial score (nSPS) is 18.9. The summed E-state index contributed by atoms with van der Waals surface area (Å²) in [5, 5.41) is 8.49. The highest BCUT2D eigenvalue weighted by atomic mass is 79.9. The van der Waals surface area contributed by atoms with E-state index in [4.69, 9.17) is 23.4 Å². The van der Waals surface area contributed by atoms with Crippen LogP contribution in [0.4, 0.5) is 21.0 Å². The van der Waals surface area contributed by atoms with Gasteiger partial charge in [-0.15, -0.1) is 0 Å². The molecular formula is C44H62BrN5O10Si. The van der Waals surface area contributed by atoms with Crippen molar-refractivity contribution in [3.63, 3.8) is 0 Å². The number of hydrogen-bond acceptors (Lipinski definition) is 10. The number of carbonyl (C=O) groups is 5. The second-order valence-corrected chi connectivity index (χ2v) is 23.5. The fraction of sp³-hybridized carbons (Fsp3) is 0.568. The lowest BCUT2D eigenvalue weighted by Crippen LogP contribution is -2.58. The maximum atomic E-state index is 14.7. The molecule has 2 aromatic carbocycles. The van der Waals surface area contributed by atoms with Gasteiger partial charge >= 0.3 is 12.2 Å². The summed E-state index contributed by atoms with van der Waals surface area (Å²) in [6, 6.07) is 7.85. The standard InChI is InChI=1S/C44H62BrN5O10Si/c1-11-20-58-41(54)48-36(27(2)3)38(52)46-28(4)37(51)47-30-15-13-29(14-16-30)25-59-42(55)50-32-23-35(57-21-12-19-45)34(56-8)22-31(32)39(53)49-26-44(17-18-44)24-33(49)40(50)60-61(9,10)43(5,6)7/h11,13-16,22-23,27-28,33,36,40H,1,12,17-21,24-26H2,2-10H3,(H,46,52)(H,47,51)(H,48,54)/t28-,33-,36-,40?/m0/s1. The van der Waals surface area contributed by atoms with Gasteiger partial charge in [-0.1, -0.05) is 75.3 Å². The number of nitrogens with zero attached hydrogens (tertiary/aromatic N) is 2. The smallest absolute Gasteiger partial charge is 0.416 e. The van der Waals surface area contributed by atoms with Crippen molar-refractivity contribution in [1.82, 2.24) is 15.5 Å². The van der Waals surface area contributed by atoms with Crippen LogP contribution in [0.3, 0.4) is 0 Å². The number of alkyl carbamates (subject to hydrolysis) is 1. The lowest BCUT2D eigenvalue weighted by molar-refractivity contribution is -0.128. The van der Waals surface area contributed by atoms with E-state index in [1.54, 1.807) is 50.2 Å². The average Bonchev–Trinajstić information content (AvgIpc) is 3.87. The first-order valence-corrected chi connectivity index (χ1v) is 24.9. The van der Waals surface area contributed by atoms with Crippen LogP contribution in [0, 0.1) is 11.3 Å². The first-order valence-electron chi connectivity index (χ1n) is 20.8. The Hall–Kier alpha value is -4.61. The minimum atomic E-state index is -2.57. The Bertz CT molecular complexity index is 1950. The summed E-state index contributed by atoms with van der Waals surface area (Å²) in [6.45, 7) is 20.1. The molecule has 1 unspecified atom stereocenters. The number of anilines is 2. The van der Waals surface area contributed by atoms with Crippen LogP contribution in [0.5, 0.6) is 11.5 Å². The third-order valence-corrected chi connectivity index (χ3v) is 17.0. The van der Waals surface area contributed by atoms with Crippen LogP contribution in [0.25, 0.3) is 0 Å². The molecule has 334 valence electrons. The number of hydrogen-bond donors (Lipinski definition) is 3. The molecule has 1 aliphatic carbocycles. The highest BCUT2D eigenvalue weighted by molar-refractivity contribution is 9.09. The van der Waals surface area contributed by atoms with Gasteiger partial charge in [0, 0.05) is 23.6 Å². The van der Waals surface area contributed by atoms with Crippen LogP contribution in [-0.2, 0) is 30.1 Å². The van der Waals surface area contributed by atoms with Gasteiger partial charge in [0.1, 0.15) is 25.3 Å². The maximum absolute atomic E-state index is 14.7. The van der Waals surface area contributed by atoms with E-state index in [2.05, 4.69) is 72.3 Å². The van der Waals surface area contributed by atoms with Crippen molar-refractivity contribution in [2.24, 2.45) is 11.3 Å². The third-order valence-electron chi connectivity index (χ3n) is 12.0. The predicted molar refractivity (Wildman–Crippen MR) is 239 cm³/mol. The van der Waals surface area contributed by atoms with Gasteiger partial charge in [0.15, 0.2) is 26.0 Å². The molecule has 2 fully saturated rings. The van der Waals surface area contributed by atoms with E-state index in [9.17, 15) is 24.0 Å². The summed E-state index contributed by atoms with van der Waals surface area (Å²) in [5.41, 5.74) is 1.73. The Labute approximate surface area is 368 Å². The monoisotopic (exact) mass is 927 g/mol. The van der Waals surface area contributed by atoms with Crippen LogP contribution < -0.4 is 30.3 Å². The Morgan fingerprint density at radius 3 is 2.30 bits per heavy atom. The summed E-state index contributed by atoms with van der Waals surface area (Å²) in [5.74, 6) is -0.711. The van der Waals surface area contributed by atoms with Crippen molar-refractivity contribution < 1.29 is 47.3 Å². The number of carbonyl (C=O) groups excluding carboxylic acids is 5. The van der Waals surface area contributed by atoms with Crippen LogP contribution >= 0.6 is 15.9 Å². The third kappa shape index (κ3) is 11.3. The molecule has 3 N–H and O–H groups in total. The summed E-state index contributed by atoms with van der Waals surface area (Å²) < 4.78 is 30.1. The Kier molecular flexibility index (Phi) is 15.3. The van der Waals surface area contributed by atoms with E-state index >= 15 is 0 Å². The summed E-state index contributed by atoms with van der Waals surface area (Å²) in [4.78, 5) is 70.9. The minimum absolute atomic E-state index is 0.000571. The molecule has 2 aliphatic heterocycles. The number of halogens is 1. The molecule has 0 bridgehead atoms. The Balaban J connectivity index is 1.37. The van der Waals surface area contributed by atoms with Crippen LogP contribution in [0.2, 0.25) is 18.1 Å². The summed E-state index contributed by atoms with van der Waals surface area (Å²) >= 11 is 3.45. The molecule has 0 radical (unpaired) electrons. The molecule has 5 amide bonds. The number of ether oxygens (including phenoxy) is 4. The SMILES string of the molecule is C=CCOC(=O)N[C@H](C(=O)N[C@@H](C)C(=O)Nc1ccc(COC(=O)N2c3cc(OCCCBr)c(OC)cc3C(=O)N3CC4(CC4)C[C@H]3C2O[Si](C)(C)C(C)(C)C)cc1)C(C)C. The van der Waals surface area contributed by atoms with Crippen molar-refractivity contribution in [2.75, 3.05) is 42.4 Å². The second-order valence-electron chi connectivity index (χ2n) is 18.0. The molecule has 1 saturated carbocycles. The van der Waals surface area contributed by atoms with Gasteiger partial charge < -0.3 is 44.2 Å². The first kappa shape index (κ1) is 47.4. The minimum Gasteiger partial charge on any atom is -0.493 e. The Morgan fingerprint density at radius 1 is 1.02 bits per heavy atom. The molecule has 2 heterocycles. The van der Waals surface area contributed by atoms with Crippen molar-refractivity contribution in [1.29, 1.82) is 0 Å². The van der Waals surface area contributed by atoms with Crippen molar-refractivity contribution in [2.45, 2.75) is 116 Å². The number of rotatable bonds is 17. The molecule has 17 heteroatoms. The molecule has 61 heavy (non-hydrogen) atoms. The molecule has 2 aromatic rings. The zero-order chi connectivity index (χ0) is 44.9. The first-order chi connectivity index (χ1) is 28.7. The zero-order valence-electron chi connectivity index (χ0n) is 36.9. The number of fused-ring (bicyclic) bond motifs is 2. The van der Waals surface area contributed by atoms with Gasteiger partial charge in [0.25, 0.3) is 5.91 Å². The Morgan fingerprint density at radius 2 is 1.70 bits per heavy atom. The van der Waals surface area contributed by atoms with Crippen LogP contribution in [-0.4, -0.2) is 99.7 Å². The topological polar surface area (TPSA) is 174 Å². The lowest BCUT2D eigenvalue weighted by atomic mass is 10.0. The van der Waals surface area contributed by atoms with E-state index in [0.29, 0.717) is 53.6 Å². The molecule has 0 aromatic heterocycles. The highest BCUT2D eigenvalue weighted by Gasteiger charge is 2.59. The average molecular weight is 929 g/mol. The molecule has 3 aliphatic rings. The molecule has 1 spiro atoms. The van der Waals surface area contributed by atoms with Crippen LogP contribution in [0.15, 0.2) is 49.1 Å². The molecule has 5 rings (SSSR count). The van der Waals surface area contributed by atoms with Gasteiger partial charge in [0.2, 0.25) is 11.8 Å². The molecule has 15 nitrogen and oxygen atoms in total. The fourth-order valence-corrected chi connectivity index (χ4v) is 8.62. The maximum Gasteiger partial charge on any atom is 0.416 e. The van der Waals surface area contributed by atoms with Crippen molar-refractivity contribution >= 4 is 65.5 Å². The second kappa shape index (κ2) is 19.6. The molecule has 1 saturated heterocycles. The zero-order valence-corrected chi connectivity index (χ0v) is 39.4. The van der Waals surface area contributed by atoms with Crippen molar-refractivity contribution in [3.05, 3.63) is 60.2 Å². The quantitative estimate of drug-likeness (QED) is 0.0617. The van der Waals surface area contributed by atoms with Gasteiger partial charge in [-0.05, 0) is 85.8 Å². The number of alkyl halides is 1. The van der Waals surface area contributed by atoms with Gasteiger partial charge in [-0.2, -0.15) is 0 Å². The van der Waals surface area contributed by atoms with E-state index in [1.165, 1.54) is 25.0 Å². The number of amides is 5. The van der Waals surface area contributed by atoms with Gasteiger partial charge in [0.05, 0.1) is 31.0 Å². The largest absolute Gasteiger partial charge is 0.493 e. The molecule has 4 atom stereocenters. The number of nitrogens with one attached hydrogen (secondary N) is 3. The van der Waals surface area contributed by atoms with Crippen molar-refractivity contribution in [3.8, 4) is 11.5 Å². The van der Waals surface area contributed by atoms with E-state index in [-0.39, 0.29) is 35.5 Å². The van der Waals surface area contributed by atoms with Gasteiger partial charge in [-0.25, -0.2) is 14.5 Å². The van der Waals surface area contributed by atoms with Gasteiger partial charge in [-0.3, -0.25) is 14.4 Å². The van der Waals surface area contributed by atoms with Crippen LogP contribution in [0.1, 0.15) is 83.1 Å². The number of methoxy groups -OCH3 is 1. The molecular weight excluding hydrogens is 866 g/mol. The predicted octanol–water partition coefficient (Wildman–Crippen LogP) is 7.74. The fourth-order valence-electron chi connectivity index (χ4n) is 7.17.